The van der Waals surface area contributed by atoms with Crippen LogP contribution in [0.5, 0.6) is 5.75 Å². The summed E-state index contributed by atoms with van der Waals surface area (Å²) in [6.07, 6.45) is -0.624. The van der Waals surface area contributed by atoms with Crippen molar-refractivity contribution < 1.29 is 23.5 Å². The average molecular weight is 406 g/mol. The molecule has 0 unspecified atom stereocenters. The second-order valence-electron chi connectivity index (χ2n) is 9.42. The van der Waals surface area contributed by atoms with Crippen molar-refractivity contribution in [3.8, 4) is 5.75 Å². The zero-order chi connectivity index (χ0) is 21.5. The van der Waals surface area contributed by atoms with Crippen molar-refractivity contribution in [1.29, 1.82) is 0 Å². The number of rotatable bonds is 3. The molecule has 0 bridgehead atoms. The highest BCUT2D eigenvalue weighted by Gasteiger charge is 2.39. The summed E-state index contributed by atoms with van der Waals surface area (Å²) < 4.78 is 17.9. The number of aromatic nitrogens is 1. The number of esters is 1. The lowest BCUT2D eigenvalue weighted by molar-refractivity contribution is 0.0489. The minimum absolute atomic E-state index is 0.0571. The van der Waals surface area contributed by atoms with E-state index in [4.69, 9.17) is 13.9 Å². The summed E-state index contributed by atoms with van der Waals surface area (Å²) in [5.74, 6) is 0.116. The van der Waals surface area contributed by atoms with Gasteiger partial charge in [0.15, 0.2) is 0 Å². The first-order valence-electron chi connectivity index (χ1n) is 9.32. The molecule has 6 nitrogen and oxygen atoms in total. The molecule has 2 aromatic rings. The summed E-state index contributed by atoms with van der Waals surface area (Å²) in [5.41, 5.74) is 0.000342. The SMILES string of the molecule is COC(=O)c1cc2cc(O[Si](C)(C)C(C)(C)C)ccc2n1C(=O)OC(C)(C)C. The number of benzene rings is 1. The van der Waals surface area contributed by atoms with E-state index in [0.717, 1.165) is 5.75 Å². The van der Waals surface area contributed by atoms with Gasteiger partial charge in [0.2, 0.25) is 8.32 Å². The Bertz CT molecular complexity index is 900. The van der Waals surface area contributed by atoms with E-state index in [2.05, 4.69) is 33.9 Å². The third-order valence-electron chi connectivity index (χ3n) is 4.92. The van der Waals surface area contributed by atoms with E-state index < -0.39 is 26.0 Å². The zero-order valence-corrected chi connectivity index (χ0v) is 19.3. The lowest BCUT2D eigenvalue weighted by Crippen LogP contribution is -2.43. The van der Waals surface area contributed by atoms with Crippen molar-refractivity contribution in [2.75, 3.05) is 7.11 Å². The van der Waals surface area contributed by atoms with Crippen LogP contribution in [0.25, 0.3) is 10.9 Å². The van der Waals surface area contributed by atoms with Crippen LogP contribution in [0.2, 0.25) is 18.1 Å². The fourth-order valence-electron chi connectivity index (χ4n) is 2.46. The van der Waals surface area contributed by atoms with Gasteiger partial charge in [-0.25, -0.2) is 14.2 Å². The largest absolute Gasteiger partial charge is 0.543 e. The minimum atomic E-state index is -2.01. The number of methoxy groups -OCH3 is 1. The smallest absolute Gasteiger partial charge is 0.419 e. The lowest BCUT2D eigenvalue weighted by Gasteiger charge is -2.36. The van der Waals surface area contributed by atoms with E-state index in [9.17, 15) is 9.59 Å². The molecule has 7 heteroatoms. The monoisotopic (exact) mass is 405 g/mol. The Morgan fingerprint density at radius 1 is 1.00 bits per heavy atom. The molecule has 1 aromatic heterocycles. The number of carbonyl (C=O) groups excluding carboxylic acids is 2. The average Bonchev–Trinajstić information content (AvgIpc) is 2.89. The Morgan fingerprint density at radius 2 is 1.61 bits per heavy atom. The molecular formula is C21H31NO5Si. The Balaban J connectivity index is 2.55. The Hall–Kier alpha value is -2.28. The fourth-order valence-corrected chi connectivity index (χ4v) is 3.49. The number of carbonyl (C=O) groups is 2. The number of nitrogens with zero attached hydrogens (tertiary/aromatic N) is 1. The van der Waals surface area contributed by atoms with Gasteiger partial charge in [-0.05, 0) is 63.2 Å². The third-order valence-corrected chi connectivity index (χ3v) is 9.28. The number of hydrogen-bond donors (Lipinski definition) is 0. The molecule has 28 heavy (non-hydrogen) atoms. The zero-order valence-electron chi connectivity index (χ0n) is 18.3. The first-order valence-corrected chi connectivity index (χ1v) is 12.2. The van der Waals surface area contributed by atoms with Crippen LogP contribution in [0.15, 0.2) is 24.3 Å². The van der Waals surface area contributed by atoms with Gasteiger partial charge in [0.1, 0.15) is 17.0 Å². The van der Waals surface area contributed by atoms with E-state index in [1.807, 2.05) is 12.1 Å². The Kier molecular flexibility index (Phi) is 5.72. The summed E-state index contributed by atoms with van der Waals surface area (Å²) in [5, 5.41) is 0.768. The second-order valence-corrected chi connectivity index (χ2v) is 14.1. The molecule has 0 N–H and O–H groups in total. The molecule has 0 saturated heterocycles. The highest BCUT2D eigenvalue weighted by Crippen LogP contribution is 2.38. The first kappa shape index (κ1) is 22.0. The van der Waals surface area contributed by atoms with Crippen molar-refractivity contribution in [1.82, 2.24) is 4.57 Å². The predicted molar refractivity (Wildman–Crippen MR) is 113 cm³/mol. The van der Waals surface area contributed by atoms with E-state index >= 15 is 0 Å². The summed E-state index contributed by atoms with van der Waals surface area (Å²) in [6, 6.07) is 7.08. The number of hydrogen-bond acceptors (Lipinski definition) is 5. The van der Waals surface area contributed by atoms with Crippen molar-refractivity contribution in [3.63, 3.8) is 0 Å². The molecule has 0 saturated carbocycles. The maximum Gasteiger partial charge on any atom is 0.419 e. The topological polar surface area (TPSA) is 66.8 Å². The molecule has 0 spiro atoms. The van der Waals surface area contributed by atoms with Gasteiger partial charge in [-0.2, -0.15) is 0 Å². The highest BCUT2D eigenvalue weighted by atomic mass is 28.4. The van der Waals surface area contributed by atoms with Crippen molar-refractivity contribution in [2.24, 2.45) is 0 Å². The van der Waals surface area contributed by atoms with Crippen LogP contribution in [0, 0.1) is 0 Å². The van der Waals surface area contributed by atoms with Crippen LogP contribution in [0.1, 0.15) is 52.0 Å². The minimum Gasteiger partial charge on any atom is -0.543 e. The summed E-state index contributed by atoms with van der Waals surface area (Å²) in [6.45, 7) is 16.2. The molecule has 0 radical (unpaired) electrons. The van der Waals surface area contributed by atoms with E-state index in [-0.39, 0.29) is 10.7 Å². The van der Waals surface area contributed by atoms with E-state index in [0.29, 0.717) is 10.9 Å². The normalized spacial score (nSPS) is 12.8. The number of ether oxygens (including phenoxy) is 2. The van der Waals surface area contributed by atoms with Gasteiger partial charge in [0.25, 0.3) is 0 Å². The quantitative estimate of drug-likeness (QED) is 0.491. The van der Waals surface area contributed by atoms with Gasteiger partial charge in [-0.15, -0.1) is 0 Å². The highest BCUT2D eigenvalue weighted by molar-refractivity contribution is 6.74. The summed E-state index contributed by atoms with van der Waals surface area (Å²) in [4.78, 5) is 25.0. The summed E-state index contributed by atoms with van der Waals surface area (Å²) in [7, 11) is -0.729. The van der Waals surface area contributed by atoms with Crippen LogP contribution >= 0.6 is 0 Å². The molecule has 0 amide bonds. The summed E-state index contributed by atoms with van der Waals surface area (Å²) >= 11 is 0. The van der Waals surface area contributed by atoms with Crippen molar-refractivity contribution in [2.45, 2.75) is 65.3 Å². The van der Waals surface area contributed by atoms with Gasteiger partial charge in [-0.1, -0.05) is 20.8 Å². The van der Waals surface area contributed by atoms with Crippen LogP contribution in [-0.4, -0.2) is 37.7 Å². The van der Waals surface area contributed by atoms with Crippen LogP contribution in [0.3, 0.4) is 0 Å². The van der Waals surface area contributed by atoms with E-state index in [1.54, 1.807) is 32.9 Å². The van der Waals surface area contributed by atoms with Crippen LogP contribution in [0.4, 0.5) is 4.79 Å². The van der Waals surface area contributed by atoms with Gasteiger partial charge in [-0.3, -0.25) is 0 Å². The molecule has 1 aromatic carbocycles. The maximum absolute atomic E-state index is 12.7. The fraction of sp³-hybridized carbons (Fsp3) is 0.524. The standard InChI is InChI=1S/C21H31NO5Si/c1-20(2,3)26-19(24)22-16-11-10-15(27-28(8,9)21(4,5)6)12-14(16)13-17(22)18(23)25-7/h10-13H,1-9H3. The molecule has 0 fully saturated rings. The third kappa shape index (κ3) is 4.58. The Labute approximate surface area is 167 Å². The maximum atomic E-state index is 12.7. The molecular weight excluding hydrogens is 374 g/mol. The molecule has 0 aliphatic rings. The van der Waals surface area contributed by atoms with Gasteiger partial charge >= 0.3 is 12.1 Å². The molecule has 154 valence electrons. The van der Waals surface area contributed by atoms with E-state index in [1.165, 1.54) is 11.7 Å². The lowest BCUT2D eigenvalue weighted by atomic mass is 10.2. The molecule has 1 heterocycles. The molecule has 0 aliphatic heterocycles. The molecule has 0 aliphatic carbocycles. The molecule has 0 atom stereocenters. The number of fused-ring (bicyclic) bond motifs is 1. The Morgan fingerprint density at radius 3 is 2.11 bits per heavy atom. The second kappa shape index (κ2) is 7.27. The predicted octanol–water partition coefficient (Wildman–Crippen LogP) is 5.60. The van der Waals surface area contributed by atoms with Gasteiger partial charge in [0.05, 0.1) is 12.6 Å². The van der Waals surface area contributed by atoms with Gasteiger partial charge in [0, 0.05) is 5.39 Å². The van der Waals surface area contributed by atoms with Crippen LogP contribution in [-0.2, 0) is 9.47 Å². The van der Waals surface area contributed by atoms with Gasteiger partial charge < -0.3 is 13.9 Å². The van der Waals surface area contributed by atoms with Crippen LogP contribution < -0.4 is 4.43 Å². The van der Waals surface area contributed by atoms with Crippen molar-refractivity contribution >= 4 is 31.3 Å². The first-order chi connectivity index (χ1) is 12.7. The molecule has 2 rings (SSSR count). The van der Waals surface area contributed by atoms with Crippen molar-refractivity contribution in [3.05, 3.63) is 30.0 Å².